The zero-order valence-electron chi connectivity index (χ0n) is 13.7. The number of carbonyl (C=O) groups excluding carboxylic acids is 1. The lowest BCUT2D eigenvalue weighted by Gasteiger charge is -2.08. The predicted molar refractivity (Wildman–Crippen MR) is 95.0 cm³/mol. The largest absolute Gasteiger partial charge is 0.355 e. The van der Waals surface area contributed by atoms with Gasteiger partial charge in [0.15, 0.2) is 0 Å². The molecule has 5 nitrogen and oxygen atoms in total. The van der Waals surface area contributed by atoms with Gasteiger partial charge in [0.25, 0.3) is 0 Å². The van der Waals surface area contributed by atoms with Crippen molar-refractivity contribution in [2.45, 2.75) is 12.8 Å². The molecule has 0 heterocycles. The number of amides is 1. The van der Waals surface area contributed by atoms with E-state index < -0.39 is 15.9 Å². The number of carbonyl (C=O) groups is 1. The molecule has 2 rings (SSSR count). The molecule has 0 radical (unpaired) electrons. The summed E-state index contributed by atoms with van der Waals surface area (Å²) < 4.78 is 39.5. The van der Waals surface area contributed by atoms with Crippen LogP contribution in [0.25, 0.3) is 0 Å². The highest BCUT2D eigenvalue weighted by Crippen LogP contribution is 2.06. The predicted octanol–water partition coefficient (Wildman–Crippen LogP) is 1.65. The lowest BCUT2D eigenvalue weighted by molar-refractivity contribution is -0.119. The SMILES string of the molecule is O=C(CNS(=O)(=O)CCc1ccccc1)NCCc1ccccc1F. The maximum atomic E-state index is 13.4. The van der Waals surface area contributed by atoms with Gasteiger partial charge in [-0.3, -0.25) is 4.79 Å². The van der Waals surface area contributed by atoms with Crippen LogP contribution in [0.5, 0.6) is 0 Å². The van der Waals surface area contributed by atoms with Crippen LogP contribution >= 0.6 is 0 Å². The molecule has 1 amide bonds. The van der Waals surface area contributed by atoms with Crippen LogP contribution in [0.15, 0.2) is 54.6 Å². The maximum absolute atomic E-state index is 13.4. The Hall–Kier alpha value is -2.25. The highest BCUT2D eigenvalue weighted by atomic mass is 32.2. The van der Waals surface area contributed by atoms with Gasteiger partial charge >= 0.3 is 0 Å². The first-order valence-electron chi connectivity index (χ1n) is 7.98. The Morgan fingerprint density at radius 3 is 2.36 bits per heavy atom. The summed E-state index contributed by atoms with van der Waals surface area (Å²) in [6.45, 7) is -0.0834. The molecule has 25 heavy (non-hydrogen) atoms. The lowest BCUT2D eigenvalue weighted by atomic mass is 10.1. The zero-order valence-corrected chi connectivity index (χ0v) is 14.6. The third kappa shape index (κ3) is 7.03. The van der Waals surface area contributed by atoms with E-state index >= 15 is 0 Å². The first-order chi connectivity index (χ1) is 12.0. The molecule has 0 saturated carbocycles. The molecule has 0 aromatic heterocycles. The molecule has 0 bridgehead atoms. The number of halogens is 1. The van der Waals surface area contributed by atoms with Crippen LogP contribution in [0.4, 0.5) is 4.39 Å². The second kappa shape index (κ2) is 9.29. The molecule has 2 N–H and O–H groups in total. The summed E-state index contributed by atoms with van der Waals surface area (Å²) in [6.07, 6.45) is 0.726. The summed E-state index contributed by atoms with van der Waals surface area (Å²) in [4.78, 5) is 11.7. The molecule has 7 heteroatoms. The molecular formula is C18H21FN2O3S. The van der Waals surface area contributed by atoms with Crippen molar-refractivity contribution in [2.75, 3.05) is 18.8 Å². The van der Waals surface area contributed by atoms with Crippen LogP contribution < -0.4 is 10.0 Å². The van der Waals surface area contributed by atoms with Gasteiger partial charge < -0.3 is 5.32 Å². The molecule has 0 aliphatic rings. The minimum absolute atomic E-state index is 0.0838. The maximum Gasteiger partial charge on any atom is 0.235 e. The number of benzene rings is 2. The van der Waals surface area contributed by atoms with Crippen molar-refractivity contribution in [3.8, 4) is 0 Å². The monoisotopic (exact) mass is 364 g/mol. The third-order valence-corrected chi connectivity index (χ3v) is 4.96. The number of hydrogen-bond donors (Lipinski definition) is 2. The van der Waals surface area contributed by atoms with Crippen molar-refractivity contribution >= 4 is 15.9 Å². The second-order valence-corrected chi connectivity index (χ2v) is 7.49. The van der Waals surface area contributed by atoms with E-state index in [1.807, 2.05) is 30.3 Å². The van der Waals surface area contributed by atoms with E-state index in [-0.39, 0.29) is 24.7 Å². The molecule has 0 fully saturated rings. The van der Waals surface area contributed by atoms with Gasteiger partial charge in [-0.15, -0.1) is 0 Å². The highest BCUT2D eigenvalue weighted by Gasteiger charge is 2.12. The average Bonchev–Trinajstić information content (AvgIpc) is 2.61. The Morgan fingerprint density at radius 1 is 0.960 bits per heavy atom. The highest BCUT2D eigenvalue weighted by molar-refractivity contribution is 7.89. The van der Waals surface area contributed by atoms with Gasteiger partial charge in [-0.25, -0.2) is 17.5 Å². The summed E-state index contributed by atoms with van der Waals surface area (Å²) in [6, 6.07) is 15.6. The van der Waals surface area contributed by atoms with Gasteiger partial charge in [0, 0.05) is 6.54 Å². The number of nitrogens with one attached hydrogen (secondary N) is 2. The second-order valence-electron chi connectivity index (χ2n) is 5.57. The third-order valence-electron chi connectivity index (χ3n) is 3.63. The topological polar surface area (TPSA) is 75.3 Å². The minimum Gasteiger partial charge on any atom is -0.355 e. The van der Waals surface area contributed by atoms with E-state index in [4.69, 9.17) is 0 Å². The summed E-state index contributed by atoms with van der Waals surface area (Å²) in [7, 11) is -3.53. The summed E-state index contributed by atoms with van der Waals surface area (Å²) in [5, 5.41) is 2.57. The first-order valence-corrected chi connectivity index (χ1v) is 9.63. The van der Waals surface area contributed by atoms with Gasteiger partial charge in [-0.1, -0.05) is 48.5 Å². The van der Waals surface area contributed by atoms with Gasteiger partial charge in [0.2, 0.25) is 15.9 Å². The lowest BCUT2D eigenvalue weighted by Crippen LogP contribution is -2.38. The van der Waals surface area contributed by atoms with Gasteiger partial charge in [0.1, 0.15) is 5.82 Å². The van der Waals surface area contributed by atoms with Gasteiger partial charge in [-0.2, -0.15) is 0 Å². The molecule has 134 valence electrons. The molecule has 0 atom stereocenters. The Morgan fingerprint density at radius 2 is 1.64 bits per heavy atom. The molecule has 0 spiro atoms. The molecule has 2 aromatic carbocycles. The van der Waals surface area contributed by atoms with E-state index in [2.05, 4.69) is 10.0 Å². The van der Waals surface area contributed by atoms with Crippen LogP contribution in [0, 0.1) is 5.82 Å². The van der Waals surface area contributed by atoms with Crippen molar-refractivity contribution in [3.05, 3.63) is 71.5 Å². The van der Waals surface area contributed by atoms with Crippen LogP contribution in [0.2, 0.25) is 0 Å². The normalized spacial score (nSPS) is 11.2. The Kier molecular flexibility index (Phi) is 7.09. The first kappa shape index (κ1) is 19.1. The number of sulfonamides is 1. The van der Waals surface area contributed by atoms with Crippen LogP contribution in [0.3, 0.4) is 0 Å². The van der Waals surface area contributed by atoms with E-state index in [9.17, 15) is 17.6 Å². The number of hydrogen-bond acceptors (Lipinski definition) is 3. The molecule has 2 aromatic rings. The summed E-state index contributed by atoms with van der Waals surface area (Å²) in [5.41, 5.74) is 1.42. The van der Waals surface area contributed by atoms with Crippen LogP contribution in [0.1, 0.15) is 11.1 Å². The summed E-state index contributed by atoms with van der Waals surface area (Å²) >= 11 is 0. The van der Waals surface area contributed by atoms with Gasteiger partial charge in [-0.05, 0) is 30.0 Å². The van der Waals surface area contributed by atoms with Crippen molar-refractivity contribution in [3.63, 3.8) is 0 Å². The molecule has 0 saturated heterocycles. The molecule has 0 unspecified atom stereocenters. The zero-order chi connectivity index (χ0) is 18.1. The Balaban J connectivity index is 1.69. The van der Waals surface area contributed by atoms with Crippen molar-refractivity contribution < 1.29 is 17.6 Å². The summed E-state index contributed by atoms with van der Waals surface area (Å²) in [5.74, 6) is -0.850. The van der Waals surface area contributed by atoms with Crippen molar-refractivity contribution in [1.82, 2.24) is 10.0 Å². The fourth-order valence-electron chi connectivity index (χ4n) is 2.24. The fourth-order valence-corrected chi connectivity index (χ4v) is 3.24. The molecule has 0 aliphatic heterocycles. The van der Waals surface area contributed by atoms with E-state index in [0.717, 1.165) is 5.56 Å². The smallest absolute Gasteiger partial charge is 0.235 e. The van der Waals surface area contributed by atoms with E-state index in [1.165, 1.54) is 6.07 Å². The number of rotatable bonds is 9. The molecule has 0 aliphatic carbocycles. The quantitative estimate of drug-likeness (QED) is 0.710. The average molecular weight is 364 g/mol. The standard InChI is InChI=1S/C18H21FN2O3S/c19-17-9-5-4-8-16(17)10-12-20-18(22)14-21-25(23,24)13-11-15-6-2-1-3-7-15/h1-9,21H,10-14H2,(H,20,22). The van der Waals surface area contributed by atoms with E-state index in [1.54, 1.807) is 18.2 Å². The fraction of sp³-hybridized carbons (Fsp3) is 0.278. The van der Waals surface area contributed by atoms with Crippen LogP contribution in [-0.2, 0) is 27.7 Å². The Labute approximate surface area is 147 Å². The molecular weight excluding hydrogens is 343 g/mol. The van der Waals surface area contributed by atoms with Gasteiger partial charge in [0.05, 0.1) is 12.3 Å². The minimum atomic E-state index is -3.53. The Bertz CT molecular complexity index is 795. The number of aryl methyl sites for hydroxylation is 1. The van der Waals surface area contributed by atoms with Crippen molar-refractivity contribution in [1.29, 1.82) is 0 Å². The van der Waals surface area contributed by atoms with Crippen molar-refractivity contribution in [2.24, 2.45) is 0 Å². The van der Waals surface area contributed by atoms with E-state index in [0.29, 0.717) is 18.4 Å². The van der Waals surface area contributed by atoms with Crippen LogP contribution in [-0.4, -0.2) is 33.2 Å².